The highest BCUT2D eigenvalue weighted by Crippen LogP contribution is 2.22. The van der Waals surface area contributed by atoms with Crippen molar-refractivity contribution >= 4 is 17.1 Å². The van der Waals surface area contributed by atoms with E-state index in [0.29, 0.717) is 13.2 Å². The number of amides is 1. The number of carbonyl (C=O) groups excluding carboxylic acids is 1. The van der Waals surface area contributed by atoms with Crippen LogP contribution in [0.1, 0.15) is 63.3 Å². The molecule has 37 heavy (non-hydrogen) atoms. The van der Waals surface area contributed by atoms with E-state index in [1.807, 2.05) is 32.9 Å². The van der Waals surface area contributed by atoms with Crippen molar-refractivity contribution in [3.8, 4) is 0 Å². The van der Waals surface area contributed by atoms with Gasteiger partial charge in [-0.1, -0.05) is 37.1 Å². The van der Waals surface area contributed by atoms with E-state index < -0.39 is 5.60 Å². The Labute approximate surface area is 219 Å². The number of aryl methyl sites for hydroxylation is 2. The first-order valence-electron chi connectivity index (χ1n) is 13.3. The summed E-state index contributed by atoms with van der Waals surface area (Å²) in [6.45, 7) is 9.19. The Morgan fingerprint density at radius 2 is 1.65 bits per heavy atom. The number of nitrogens with one attached hydrogen (secondary N) is 2. The monoisotopic (exact) mass is 512 g/mol. The number of alkyl carbamates (subject to hydrolysis) is 1. The van der Waals surface area contributed by atoms with Crippen molar-refractivity contribution in [3.05, 3.63) is 71.2 Å². The molecule has 6 nitrogen and oxygen atoms in total. The molecule has 0 aliphatic carbocycles. The molecule has 1 amide bonds. The summed E-state index contributed by atoms with van der Waals surface area (Å²) in [5, 5.41) is 7.30. The van der Waals surface area contributed by atoms with E-state index in [9.17, 15) is 9.18 Å². The third kappa shape index (κ3) is 11.4. The normalized spacial score (nSPS) is 11.7. The van der Waals surface area contributed by atoms with E-state index in [2.05, 4.69) is 34.9 Å². The van der Waals surface area contributed by atoms with Crippen LogP contribution in [0, 0.1) is 5.82 Å². The Balaban J connectivity index is 1.21. The average Bonchev–Trinajstić information content (AvgIpc) is 3.25. The number of ether oxygens (including phenoxy) is 2. The predicted octanol–water partition coefficient (Wildman–Crippen LogP) is 6.55. The summed E-state index contributed by atoms with van der Waals surface area (Å²) in [7, 11) is 0. The number of hydrogen-bond acceptors (Lipinski definition) is 5. The van der Waals surface area contributed by atoms with E-state index in [-0.39, 0.29) is 11.9 Å². The second-order valence-corrected chi connectivity index (χ2v) is 10.3. The third-order valence-electron chi connectivity index (χ3n) is 5.84. The number of hydrogen-bond donors (Lipinski definition) is 2. The molecule has 0 aliphatic heterocycles. The number of furan rings is 1. The zero-order valence-electron chi connectivity index (χ0n) is 22.4. The molecule has 0 spiro atoms. The van der Waals surface area contributed by atoms with Gasteiger partial charge in [-0.05, 0) is 75.4 Å². The molecule has 0 unspecified atom stereocenters. The van der Waals surface area contributed by atoms with Gasteiger partial charge in [-0.15, -0.1) is 0 Å². The molecule has 0 bridgehead atoms. The number of rotatable bonds is 15. The van der Waals surface area contributed by atoms with Crippen LogP contribution in [0.4, 0.5) is 9.18 Å². The first-order chi connectivity index (χ1) is 17.8. The summed E-state index contributed by atoms with van der Waals surface area (Å²) in [6.07, 6.45) is 5.35. The summed E-state index contributed by atoms with van der Waals surface area (Å²) in [5.41, 5.74) is 2.71. The van der Waals surface area contributed by atoms with Gasteiger partial charge < -0.3 is 24.5 Å². The maximum absolute atomic E-state index is 13.1. The number of fused-ring (bicyclic) bond motifs is 1. The van der Waals surface area contributed by atoms with Gasteiger partial charge in [0.1, 0.15) is 22.8 Å². The van der Waals surface area contributed by atoms with Crippen LogP contribution >= 0.6 is 0 Å². The molecular formula is C30H41FN2O4. The van der Waals surface area contributed by atoms with Gasteiger partial charge >= 0.3 is 6.09 Å². The summed E-state index contributed by atoms with van der Waals surface area (Å²) >= 11 is 0. The van der Waals surface area contributed by atoms with Crippen molar-refractivity contribution in [1.29, 1.82) is 0 Å². The first-order valence-corrected chi connectivity index (χ1v) is 13.3. The standard InChI is InChI=1S/C30H41FN2O4/c1-30(2,3)37-29(34)33-16-6-4-5-7-18-35-19-17-32-22-24-8-12-25-21-27(36-28(25)20-24)15-11-23-9-13-26(31)14-10-23/h8-10,12-14,20-21,32H,4-7,11,15-19,22H2,1-3H3,(H,33,34). The van der Waals surface area contributed by atoms with Crippen LogP contribution in [-0.4, -0.2) is 38.0 Å². The molecule has 1 aromatic heterocycles. The smallest absolute Gasteiger partial charge is 0.407 e. The molecule has 0 radical (unpaired) electrons. The van der Waals surface area contributed by atoms with E-state index in [1.165, 1.54) is 17.7 Å². The van der Waals surface area contributed by atoms with Crippen LogP contribution in [0.25, 0.3) is 11.0 Å². The molecule has 202 valence electrons. The Hall–Kier alpha value is -2.90. The number of unbranched alkanes of at least 4 members (excludes halogenated alkanes) is 3. The number of benzene rings is 2. The van der Waals surface area contributed by atoms with E-state index in [1.54, 1.807) is 0 Å². The second kappa shape index (κ2) is 14.7. The maximum atomic E-state index is 13.1. The highest BCUT2D eigenvalue weighted by Gasteiger charge is 2.15. The van der Waals surface area contributed by atoms with Crippen molar-refractivity contribution in [3.63, 3.8) is 0 Å². The Morgan fingerprint density at radius 1 is 0.892 bits per heavy atom. The molecule has 2 aromatic carbocycles. The van der Waals surface area contributed by atoms with Gasteiger partial charge in [0.25, 0.3) is 0 Å². The minimum Gasteiger partial charge on any atom is -0.461 e. The quantitative estimate of drug-likeness (QED) is 0.226. The number of carbonyl (C=O) groups is 1. The van der Waals surface area contributed by atoms with Crippen LogP contribution in [-0.2, 0) is 28.9 Å². The zero-order chi connectivity index (χ0) is 26.5. The molecule has 0 saturated carbocycles. The van der Waals surface area contributed by atoms with Gasteiger partial charge in [-0.25, -0.2) is 9.18 Å². The van der Waals surface area contributed by atoms with Crippen molar-refractivity contribution in [2.45, 2.75) is 71.4 Å². The SMILES string of the molecule is CC(C)(C)OC(=O)NCCCCCCOCCNCc1ccc2cc(CCc3ccc(F)cc3)oc2c1. The molecule has 3 aromatic rings. The lowest BCUT2D eigenvalue weighted by atomic mass is 10.1. The van der Waals surface area contributed by atoms with E-state index in [4.69, 9.17) is 13.9 Å². The predicted molar refractivity (Wildman–Crippen MR) is 145 cm³/mol. The molecule has 0 atom stereocenters. The van der Waals surface area contributed by atoms with Crippen LogP contribution in [0.2, 0.25) is 0 Å². The lowest BCUT2D eigenvalue weighted by molar-refractivity contribution is 0.0526. The summed E-state index contributed by atoms with van der Waals surface area (Å²) in [6, 6.07) is 15.0. The van der Waals surface area contributed by atoms with Gasteiger partial charge in [0, 0.05) is 38.0 Å². The minimum atomic E-state index is -0.457. The van der Waals surface area contributed by atoms with Crippen molar-refractivity contribution in [1.82, 2.24) is 10.6 Å². The maximum Gasteiger partial charge on any atom is 0.407 e. The Bertz CT molecular complexity index is 1090. The molecule has 3 rings (SSSR count). The van der Waals surface area contributed by atoms with Crippen molar-refractivity contribution in [2.75, 3.05) is 26.3 Å². The van der Waals surface area contributed by atoms with E-state index >= 15 is 0 Å². The van der Waals surface area contributed by atoms with Gasteiger partial charge in [-0.3, -0.25) is 0 Å². The third-order valence-corrected chi connectivity index (χ3v) is 5.84. The fourth-order valence-corrected chi connectivity index (χ4v) is 3.95. The van der Waals surface area contributed by atoms with Crippen LogP contribution in [0.5, 0.6) is 0 Å². The summed E-state index contributed by atoms with van der Waals surface area (Å²) < 4.78 is 30.0. The van der Waals surface area contributed by atoms with Crippen LogP contribution in [0.3, 0.4) is 0 Å². The summed E-state index contributed by atoms with van der Waals surface area (Å²) in [4.78, 5) is 11.6. The van der Waals surface area contributed by atoms with Crippen molar-refractivity contribution in [2.24, 2.45) is 0 Å². The van der Waals surface area contributed by atoms with Gasteiger partial charge in [0.05, 0.1) is 6.61 Å². The lowest BCUT2D eigenvalue weighted by Gasteiger charge is -2.19. The molecule has 0 saturated heterocycles. The van der Waals surface area contributed by atoms with Crippen LogP contribution < -0.4 is 10.6 Å². The molecular weight excluding hydrogens is 471 g/mol. The first kappa shape index (κ1) is 28.7. The highest BCUT2D eigenvalue weighted by molar-refractivity contribution is 5.78. The highest BCUT2D eigenvalue weighted by atomic mass is 19.1. The minimum absolute atomic E-state index is 0.210. The van der Waals surface area contributed by atoms with Crippen molar-refractivity contribution < 1.29 is 23.1 Å². The Kier molecular flexibility index (Phi) is 11.4. The fourth-order valence-electron chi connectivity index (χ4n) is 3.95. The average molecular weight is 513 g/mol. The lowest BCUT2D eigenvalue weighted by Crippen LogP contribution is -2.32. The van der Waals surface area contributed by atoms with E-state index in [0.717, 1.165) is 80.5 Å². The zero-order valence-corrected chi connectivity index (χ0v) is 22.4. The molecule has 0 aliphatic rings. The largest absolute Gasteiger partial charge is 0.461 e. The topological polar surface area (TPSA) is 72.7 Å². The molecule has 7 heteroatoms. The Morgan fingerprint density at radius 3 is 2.43 bits per heavy atom. The summed E-state index contributed by atoms with van der Waals surface area (Å²) in [5.74, 6) is 0.732. The number of halogens is 1. The second-order valence-electron chi connectivity index (χ2n) is 10.3. The van der Waals surface area contributed by atoms with Gasteiger partial charge in [0.15, 0.2) is 0 Å². The van der Waals surface area contributed by atoms with Gasteiger partial charge in [0.2, 0.25) is 0 Å². The fraction of sp³-hybridized carbons (Fsp3) is 0.500. The molecule has 2 N–H and O–H groups in total. The molecule has 1 heterocycles. The van der Waals surface area contributed by atoms with Gasteiger partial charge in [-0.2, -0.15) is 0 Å². The van der Waals surface area contributed by atoms with Crippen LogP contribution in [0.15, 0.2) is 52.9 Å². The molecule has 0 fully saturated rings.